The first-order chi connectivity index (χ1) is 18.2. The van der Waals surface area contributed by atoms with Crippen LogP contribution < -0.4 is 20.7 Å². The third-order valence-electron chi connectivity index (χ3n) is 6.25. The van der Waals surface area contributed by atoms with Gasteiger partial charge in [0.05, 0.1) is 24.5 Å². The number of rotatable bonds is 8. The predicted molar refractivity (Wildman–Crippen MR) is 152 cm³/mol. The van der Waals surface area contributed by atoms with Crippen molar-refractivity contribution in [3.63, 3.8) is 0 Å². The highest BCUT2D eigenvalue weighted by atomic mass is 35.5. The fourth-order valence-corrected chi connectivity index (χ4v) is 6.85. The number of nitrogens with one attached hydrogen (secondary N) is 2. The molecule has 1 heterocycles. The Morgan fingerprint density at radius 2 is 1.87 bits per heavy atom. The second-order valence-electron chi connectivity index (χ2n) is 8.81. The van der Waals surface area contributed by atoms with E-state index in [4.69, 9.17) is 26.1 Å². The number of carbonyl (C=O) groups excluding carboxylic acids is 1. The molecule has 7 nitrogen and oxygen atoms in total. The molecule has 0 aliphatic rings. The summed E-state index contributed by atoms with van der Waals surface area (Å²) < 4.78 is 25.7. The van der Waals surface area contributed by atoms with Crippen LogP contribution in [0.1, 0.15) is 40.1 Å². The van der Waals surface area contributed by atoms with E-state index in [0.29, 0.717) is 32.5 Å². The summed E-state index contributed by atoms with van der Waals surface area (Å²) in [6.45, 7) is 3.73. The van der Waals surface area contributed by atoms with E-state index in [1.54, 1.807) is 43.5 Å². The molecule has 38 heavy (non-hydrogen) atoms. The maximum atomic E-state index is 14.7. The van der Waals surface area contributed by atoms with Gasteiger partial charge >= 0.3 is 0 Å². The molecule has 1 aromatic heterocycles. The summed E-state index contributed by atoms with van der Waals surface area (Å²) in [5, 5.41) is 13.5. The van der Waals surface area contributed by atoms with Crippen molar-refractivity contribution in [2.24, 2.45) is 0 Å². The van der Waals surface area contributed by atoms with Crippen molar-refractivity contribution in [2.75, 3.05) is 14.2 Å². The van der Waals surface area contributed by atoms with Crippen molar-refractivity contribution in [3.8, 4) is 11.8 Å². The number of hydrogen-bond donors (Lipinski definition) is 2. The standard InChI is InChI=1S/C29H27ClN3O4P/c1-18-14-20(6-5-13-31)16-24(15-18)38(35,37-4)28-25-17-22(30)9-12-26(25)33-27(28)29(34)32-19(2)21-7-10-23(36-3)11-8-21/h5-12,14-17,19,33H,1-4H3,(H,32,34)/b6-5+/t19-,38-/m1/s1. The number of halogens is 1. The number of aromatic nitrogens is 1. The molecule has 0 saturated carbocycles. The van der Waals surface area contributed by atoms with Crippen molar-refractivity contribution >= 4 is 52.5 Å². The monoisotopic (exact) mass is 547 g/mol. The molecule has 194 valence electrons. The molecule has 3 aromatic carbocycles. The highest BCUT2D eigenvalue weighted by Crippen LogP contribution is 2.47. The molecular weight excluding hydrogens is 521 g/mol. The smallest absolute Gasteiger partial charge is 0.269 e. The van der Waals surface area contributed by atoms with E-state index in [0.717, 1.165) is 11.1 Å². The van der Waals surface area contributed by atoms with Gasteiger partial charge in [-0.2, -0.15) is 5.26 Å². The number of H-pyrrole nitrogens is 1. The van der Waals surface area contributed by atoms with E-state index in [-0.39, 0.29) is 17.0 Å². The van der Waals surface area contributed by atoms with Crippen LogP contribution in [0.5, 0.6) is 5.75 Å². The lowest BCUT2D eigenvalue weighted by Crippen LogP contribution is -2.32. The normalized spacial score (nSPS) is 13.7. The molecule has 0 bridgehead atoms. The molecule has 0 saturated heterocycles. The van der Waals surface area contributed by atoms with Crippen LogP contribution in [-0.2, 0) is 9.09 Å². The highest BCUT2D eigenvalue weighted by Gasteiger charge is 2.36. The van der Waals surface area contributed by atoms with Crippen LogP contribution in [0.3, 0.4) is 0 Å². The minimum absolute atomic E-state index is 0.128. The lowest BCUT2D eigenvalue weighted by atomic mass is 10.1. The number of aryl methyl sites for hydroxylation is 1. The Hall–Kier alpha value is -3.82. The number of nitrogens with zero attached hydrogens (tertiary/aromatic N) is 1. The van der Waals surface area contributed by atoms with E-state index in [1.165, 1.54) is 13.2 Å². The zero-order chi connectivity index (χ0) is 27.4. The number of ether oxygens (including phenoxy) is 1. The zero-order valence-corrected chi connectivity index (χ0v) is 23.1. The Morgan fingerprint density at radius 1 is 1.13 bits per heavy atom. The average molecular weight is 548 g/mol. The first kappa shape index (κ1) is 27.2. The molecule has 1 amide bonds. The van der Waals surface area contributed by atoms with Gasteiger partial charge in [0, 0.05) is 34.4 Å². The molecule has 0 aliphatic heterocycles. The van der Waals surface area contributed by atoms with Gasteiger partial charge in [-0.25, -0.2) is 0 Å². The Balaban J connectivity index is 1.85. The quantitative estimate of drug-likeness (QED) is 0.207. The summed E-state index contributed by atoms with van der Waals surface area (Å²) in [6, 6.07) is 19.5. The molecule has 4 rings (SSSR count). The van der Waals surface area contributed by atoms with E-state index in [9.17, 15) is 9.36 Å². The molecule has 0 fully saturated rings. The number of carbonyl (C=O) groups is 1. The van der Waals surface area contributed by atoms with Crippen LogP contribution >= 0.6 is 19.0 Å². The predicted octanol–water partition coefficient (Wildman–Crippen LogP) is 6.04. The summed E-state index contributed by atoms with van der Waals surface area (Å²) in [7, 11) is -0.858. The molecule has 9 heteroatoms. The summed E-state index contributed by atoms with van der Waals surface area (Å²) in [5.41, 5.74) is 3.12. The van der Waals surface area contributed by atoms with E-state index >= 15 is 0 Å². The van der Waals surface area contributed by atoms with E-state index in [1.807, 2.05) is 50.2 Å². The number of aromatic amines is 1. The van der Waals surface area contributed by atoms with Crippen LogP contribution in [0.2, 0.25) is 5.02 Å². The third-order valence-corrected chi connectivity index (χ3v) is 8.99. The lowest BCUT2D eigenvalue weighted by Gasteiger charge is -2.20. The number of allylic oxidation sites excluding steroid dienone is 1. The highest BCUT2D eigenvalue weighted by molar-refractivity contribution is 7.75. The minimum Gasteiger partial charge on any atom is -0.497 e. The van der Waals surface area contributed by atoms with Gasteiger partial charge < -0.3 is 19.6 Å². The summed E-state index contributed by atoms with van der Waals surface area (Å²) in [4.78, 5) is 16.8. The van der Waals surface area contributed by atoms with Crippen LogP contribution in [-0.4, -0.2) is 25.1 Å². The van der Waals surface area contributed by atoms with Crippen LogP contribution in [0.15, 0.2) is 66.7 Å². The average Bonchev–Trinajstić information content (AvgIpc) is 3.30. The molecule has 0 radical (unpaired) electrons. The largest absolute Gasteiger partial charge is 0.497 e. The molecule has 0 spiro atoms. The maximum absolute atomic E-state index is 14.7. The Morgan fingerprint density at radius 3 is 2.53 bits per heavy atom. The molecule has 2 N–H and O–H groups in total. The minimum atomic E-state index is -3.81. The van der Waals surface area contributed by atoms with Gasteiger partial charge in [-0.05, 0) is 79.1 Å². The molecule has 4 aromatic rings. The number of methoxy groups -OCH3 is 1. The number of benzene rings is 3. The molecule has 0 aliphatic carbocycles. The fourth-order valence-electron chi connectivity index (χ4n) is 4.38. The SMILES string of the molecule is COc1ccc([C@@H](C)NC(=O)c2[nH]c3ccc(Cl)cc3c2[P@](=O)(OC)c2cc(C)cc(/C=C/C#N)c2)cc1. The number of fused-ring (bicyclic) bond motifs is 1. The van der Waals surface area contributed by atoms with Crippen molar-refractivity contribution in [3.05, 3.63) is 94.1 Å². The van der Waals surface area contributed by atoms with Crippen LogP contribution in [0.25, 0.3) is 17.0 Å². The number of amides is 1. The first-order valence-corrected chi connectivity index (χ1v) is 13.8. The second kappa shape index (κ2) is 11.3. The molecular formula is C29H27ClN3O4P. The van der Waals surface area contributed by atoms with Gasteiger partial charge in [-0.3, -0.25) is 9.36 Å². The Bertz CT molecular complexity index is 1620. The topological polar surface area (TPSA) is 104 Å². The lowest BCUT2D eigenvalue weighted by molar-refractivity contribution is 0.0936. The fraction of sp³-hybridized carbons (Fsp3) is 0.172. The van der Waals surface area contributed by atoms with Gasteiger partial charge in [-0.15, -0.1) is 0 Å². The van der Waals surface area contributed by atoms with Gasteiger partial charge in [-0.1, -0.05) is 29.8 Å². The Labute approximate surface area is 226 Å². The van der Waals surface area contributed by atoms with Gasteiger partial charge in [0.15, 0.2) is 0 Å². The number of nitriles is 1. The van der Waals surface area contributed by atoms with Gasteiger partial charge in [0.1, 0.15) is 11.4 Å². The van der Waals surface area contributed by atoms with Crippen molar-refractivity contribution < 1.29 is 18.6 Å². The van der Waals surface area contributed by atoms with Crippen molar-refractivity contribution in [1.82, 2.24) is 10.3 Å². The molecule has 0 unspecified atom stereocenters. The summed E-state index contributed by atoms with van der Waals surface area (Å²) in [6.07, 6.45) is 2.98. The van der Waals surface area contributed by atoms with E-state index in [2.05, 4.69) is 10.3 Å². The van der Waals surface area contributed by atoms with Crippen molar-refractivity contribution in [2.45, 2.75) is 19.9 Å². The summed E-state index contributed by atoms with van der Waals surface area (Å²) >= 11 is 6.32. The maximum Gasteiger partial charge on any atom is 0.269 e. The van der Waals surface area contributed by atoms with E-state index < -0.39 is 13.3 Å². The van der Waals surface area contributed by atoms with Crippen molar-refractivity contribution in [1.29, 1.82) is 5.26 Å². The number of hydrogen-bond acceptors (Lipinski definition) is 5. The molecule has 2 atom stereocenters. The van der Waals surface area contributed by atoms with Crippen LogP contribution in [0.4, 0.5) is 0 Å². The van der Waals surface area contributed by atoms with Gasteiger partial charge in [0.2, 0.25) is 0 Å². The van der Waals surface area contributed by atoms with Crippen LogP contribution in [0, 0.1) is 18.3 Å². The zero-order valence-electron chi connectivity index (χ0n) is 21.4. The Kier molecular flexibility index (Phi) is 8.08. The summed E-state index contributed by atoms with van der Waals surface area (Å²) in [5.74, 6) is 0.274. The van der Waals surface area contributed by atoms with Gasteiger partial charge in [0.25, 0.3) is 13.3 Å². The first-order valence-electron chi connectivity index (χ1n) is 11.8. The third kappa shape index (κ3) is 5.39. The second-order valence-corrected chi connectivity index (χ2v) is 11.7.